The van der Waals surface area contributed by atoms with E-state index in [0.717, 1.165) is 55.4 Å². The first-order valence-electron chi connectivity index (χ1n) is 9.43. The highest BCUT2D eigenvalue weighted by molar-refractivity contribution is 14.0. The van der Waals surface area contributed by atoms with Crippen LogP contribution in [0.25, 0.3) is 0 Å². The minimum atomic E-state index is 0. The van der Waals surface area contributed by atoms with Crippen molar-refractivity contribution in [2.24, 2.45) is 4.99 Å². The molecule has 2 N–H and O–H groups in total. The number of rotatable bonds is 10. The number of hydrogen-bond acceptors (Lipinski definition) is 5. The maximum absolute atomic E-state index is 5.56. The van der Waals surface area contributed by atoms with Crippen LogP contribution in [0.3, 0.4) is 0 Å². The fraction of sp³-hybridized carbons (Fsp3) is 0.500. The molecule has 156 valence electrons. The number of benzene rings is 1. The lowest BCUT2D eigenvalue weighted by molar-refractivity contribution is 0.311. The molecule has 0 aliphatic heterocycles. The molecular weight excluding hydrogens is 487 g/mol. The van der Waals surface area contributed by atoms with Gasteiger partial charge in [0.2, 0.25) is 0 Å². The summed E-state index contributed by atoms with van der Waals surface area (Å²) in [5, 5.41) is 9.92. The minimum Gasteiger partial charge on any atom is -0.493 e. The lowest BCUT2D eigenvalue weighted by atomic mass is 10.2. The van der Waals surface area contributed by atoms with Crippen LogP contribution in [-0.2, 0) is 6.42 Å². The zero-order chi connectivity index (χ0) is 19.5. The Morgan fingerprint density at radius 1 is 1.21 bits per heavy atom. The second kappa shape index (κ2) is 13.6. The Kier molecular flexibility index (Phi) is 11.9. The van der Waals surface area contributed by atoms with Gasteiger partial charge in [-0.2, -0.15) is 0 Å². The molecule has 28 heavy (non-hydrogen) atoms. The van der Waals surface area contributed by atoms with E-state index in [9.17, 15) is 0 Å². The fourth-order valence-corrected chi connectivity index (χ4v) is 3.38. The Morgan fingerprint density at radius 2 is 2.04 bits per heavy atom. The monoisotopic (exact) mass is 518 g/mol. The van der Waals surface area contributed by atoms with Crippen molar-refractivity contribution >= 4 is 47.0 Å². The third-order valence-electron chi connectivity index (χ3n) is 3.81. The molecule has 6 nitrogen and oxygen atoms in total. The van der Waals surface area contributed by atoms with Crippen LogP contribution in [0, 0.1) is 6.92 Å². The summed E-state index contributed by atoms with van der Waals surface area (Å²) in [6, 6.07) is 5.79. The van der Waals surface area contributed by atoms with E-state index in [0.29, 0.717) is 12.4 Å². The normalized spacial score (nSPS) is 10.9. The van der Waals surface area contributed by atoms with E-state index in [2.05, 4.69) is 32.9 Å². The van der Waals surface area contributed by atoms with Crippen LogP contribution in [0.4, 0.5) is 5.69 Å². The first-order valence-corrected chi connectivity index (χ1v) is 10.3. The number of guanidine groups is 1. The highest BCUT2D eigenvalue weighted by Gasteiger charge is 2.07. The first-order chi connectivity index (χ1) is 13.2. The summed E-state index contributed by atoms with van der Waals surface area (Å²) in [6.07, 6.45) is 3.14. The van der Waals surface area contributed by atoms with Gasteiger partial charge in [-0.1, -0.05) is 0 Å². The van der Waals surface area contributed by atoms with Gasteiger partial charge in [-0.3, -0.25) is 4.99 Å². The number of methoxy groups -OCH3 is 1. The van der Waals surface area contributed by atoms with E-state index < -0.39 is 0 Å². The van der Waals surface area contributed by atoms with Gasteiger partial charge < -0.3 is 20.1 Å². The van der Waals surface area contributed by atoms with Gasteiger partial charge in [-0.25, -0.2) is 4.98 Å². The van der Waals surface area contributed by atoms with Crippen LogP contribution in [0.1, 0.15) is 37.4 Å². The van der Waals surface area contributed by atoms with E-state index in [-0.39, 0.29) is 24.0 Å². The quantitative estimate of drug-likeness (QED) is 0.203. The Labute approximate surface area is 189 Å². The zero-order valence-electron chi connectivity index (χ0n) is 17.1. The maximum atomic E-state index is 5.56. The number of halogens is 1. The molecule has 0 spiro atoms. The molecule has 0 bridgehead atoms. The third-order valence-corrected chi connectivity index (χ3v) is 4.83. The van der Waals surface area contributed by atoms with Gasteiger partial charge in [0, 0.05) is 35.9 Å². The van der Waals surface area contributed by atoms with Crippen LogP contribution in [0.15, 0.2) is 28.6 Å². The Morgan fingerprint density at radius 3 is 2.68 bits per heavy atom. The van der Waals surface area contributed by atoms with Crippen LogP contribution in [-0.4, -0.2) is 37.7 Å². The van der Waals surface area contributed by atoms with Gasteiger partial charge in [0.15, 0.2) is 17.5 Å². The third kappa shape index (κ3) is 8.22. The average Bonchev–Trinajstić information content (AvgIpc) is 3.08. The maximum Gasteiger partial charge on any atom is 0.195 e. The van der Waals surface area contributed by atoms with Crippen molar-refractivity contribution in [3.8, 4) is 11.5 Å². The van der Waals surface area contributed by atoms with Crippen LogP contribution in [0.5, 0.6) is 11.5 Å². The molecule has 1 aromatic carbocycles. The molecule has 0 unspecified atom stereocenters. The summed E-state index contributed by atoms with van der Waals surface area (Å²) < 4.78 is 11.0. The zero-order valence-corrected chi connectivity index (χ0v) is 20.2. The van der Waals surface area contributed by atoms with E-state index >= 15 is 0 Å². The second-order valence-corrected chi connectivity index (χ2v) is 6.97. The molecule has 1 heterocycles. The summed E-state index contributed by atoms with van der Waals surface area (Å²) >= 11 is 1.74. The molecule has 0 fully saturated rings. The number of ether oxygens (including phenoxy) is 2. The van der Waals surface area contributed by atoms with Gasteiger partial charge in [0.1, 0.15) is 0 Å². The molecule has 0 atom stereocenters. The summed E-state index contributed by atoms with van der Waals surface area (Å²) in [4.78, 5) is 9.17. The summed E-state index contributed by atoms with van der Waals surface area (Å²) in [5.41, 5.74) is 2.02. The first kappa shape index (κ1) is 24.5. The number of unbranched alkanes of at least 4 members (excludes halogenated alkanes) is 1. The van der Waals surface area contributed by atoms with E-state index in [1.165, 1.54) is 5.01 Å². The van der Waals surface area contributed by atoms with Gasteiger partial charge in [-0.05, 0) is 52.2 Å². The van der Waals surface area contributed by atoms with Crippen LogP contribution >= 0.6 is 35.3 Å². The second-order valence-electron chi connectivity index (χ2n) is 6.02. The number of aryl methyl sites for hydroxylation is 2. The largest absolute Gasteiger partial charge is 0.493 e. The fourth-order valence-electron chi connectivity index (χ4n) is 2.56. The molecule has 0 saturated carbocycles. The molecule has 2 aromatic rings. The smallest absolute Gasteiger partial charge is 0.195 e. The molecule has 1 aromatic heterocycles. The number of thiazole rings is 1. The van der Waals surface area contributed by atoms with Crippen molar-refractivity contribution in [3.63, 3.8) is 0 Å². The Hall–Kier alpha value is -1.55. The van der Waals surface area contributed by atoms with E-state index in [1.807, 2.05) is 32.0 Å². The molecule has 0 aliphatic carbocycles. The van der Waals surface area contributed by atoms with Gasteiger partial charge in [0.05, 0.1) is 18.7 Å². The van der Waals surface area contributed by atoms with E-state index in [1.54, 1.807) is 18.4 Å². The molecule has 0 radical (unpaired) electrons. The van der Waals surface area contributed by atoms with Crippen molar-refractivity contribution < 1.29 is 9.47 Å². The van der Waals surface area contributed by atoms with Crippen LogP contribution in [0.2, 0.25) is 0 Å². The van der Waals surface area contributed by atoms with Crippen molar-refractivity contribution in [1.82, 2.24) is 10.3 Å². The minimum absolute atomic E-state index is 0. The van der Waals surface area contributed by atoms with Crippen molar-refractivity contribution in [2.45, 2.75) is 40.0 Å². The lowest BCUT2D eigenvalue weighted by Gasteiger charge is -2.14. The highest BCUT2D eigenvalue weighted by atomic mass is 127. The summed E-state index contributed by atoms with van der Waals surface area (Å²) in [6.45, 7) is 8.23. The summed E-state index contributed by atoms with van der Waals surface area (Å²) in [7, 11) is 1.64. The molecular formula is C20H31IN4O2S. The highest BCUT2D eigenvalue weighted by Crippen LogP contribution is 2.30. The molecule has 8 heteroatoms. The van der Waals surface area contributed by atoms with Gasteiger partial charge in [-0.15, -0.1) is 35.3 Å². The SMILES string of the molecule is CCNC(=NCCCCc1nc(C)cs1)Nc1ccc(OCC)c(OC)c1.I. The van der Waals surface area contributed by atoms with Gasteiger partial charge in [0.25, 0.3) is 0 Å². The van der Waals surface area contributed by atoms with E-state index in [4.69, 9.17) is 9.47 Å². The lowest BCUT2D eigenvalue weighted by Crippen LogP contribution is -2.30. The predicted octanol–water partition coefficient (Wildman–Crippen LogP) is 4.88. The molecule has 0 aliphatic rings. The Balaban J connectivity index is 0.00000392. The number of aliphatic imine (C=N–C) groups is 1. The number of aromatic nitrogens is 1. The van der Waals surface area contributed by atoms with Crippen molar-refractivity contribution in [2.75, 3.05) is 32.1 Å². The molecule has 2 rings (SSSR count). The number of nitrogens with zero attached hydrogens (tertiary/aromatic N) is 2. The number of hydrogen-bond donors (Lipinski definition) is 2. The topological polar surface area (TPSA) is 67.8 Å². The van der Waals surface area contributed by atoms with Gasteiger partial charge >= 0.3 is 0 Å². The summed E-state index contributed by atoms with van der Waals surface area (Å²) in [5.74, 6) is 2.22. The molecule has 0 amide bonds. The van der Waals surface area contributed by atoms with Crippen molar-refractivity contribution in [1.29, 1.82) is 0 Å². The van der Waals surface area contributed by atoms with Crippen molar-refractivity contribution in [3.05, 3.63) is 34.3 Å². The number of anilines is 1. The Bertz CT molecular complexity index is 737. The average molecular weight is 518 g/mol. The number of nitrogens with one attached hydrogen (secondary N) is 2. The standard InChI is InChI=1S/C20H30N4O2S.HI/c1-5-21-20(22-12-8-7-9-19-23-15(3)14-27-19)24-16-10-11-17(26-6-2)18(13-16)25-4;/h10-11,13-14H,5-9,12H2,1-4H3,(H2,21,22,24);1H. The molecule has 0 saturated heterocycles. The van der Waals surface area contributed by atoms with Crippen LogP contribution < -0.4 is 20.1 Å². The predicted molar refractivity (Wildman–Crippen MR) is 129 cm³/mol.